The van der Waals surface area contributed by atoms with E-state index in [0.717, 1.165) is 26.1 Å². The number of halogens is 1. The zero-order valence-electron chi connectivity index (χ0n) is 8.44. The molecule has 0 aliphatic rings. The van der Waals surface area contributed by atoms with Crippen LogP contribution in [0.15, 0.2) is 22.7 Å². The van der Waals surface area contributed by atoms with Gasteiger partial charge >= 0.3 is 5.97 Å². The van der Waals surface area contributed by atoms with E-state index in [1.165, 1.54) is 0 Å². The summed E-state index contributed by atoms with van der Waals surface area (Å²) in [6.07, 6.45) is 1.60. The second-order valence-corrected chi connectivity index (χ2v) is 5.50. The molecule has 0 saturated carbocycles. The SMILES string of the molecule is O=C(O)CCCc1nc2cc(Br)ccc2s1. The number of carboxylic acid groups (broad SMARTS) is 1. The van der Waals surface area contributed by atoms with Crippen LogP contribution in [-0.2, 0) is 11.2 Å². The number of aryl methyl sites for hydroxylation is 1. The average molecular weight is 300 g/mol. The zero-order chi connectivity index (χ0) is 11.5. The highest BCUT2D eigenvalue weighted by atomic mass is 79.9. The van der Waals surface area contributed by atoms with Crippen molar-refractivity contribution >= 4 is 43.5 Å². The van der Waals surface area contributed by atoms with E-state index in [9.17, 15) is 4.79 Å². The Bertz CT molecular complexity index is 524. The van der Waals surface area contributed by atoms with Crippen LogP contribution in [0.1, 0.15) is 17.8 Å². The lowest BCUT2D eigenvalue weighted by molar-refractivity contribution is -0.137. The summed E-state index contributed by atoms with van der Waals surface area (Å²) in [5, 5.41) is 9.55. The number of carboxylic acids is 1. The maximum Gasteiger partial charge on any atom is 0.303 e. The molecule has 0 radical (unpaired) electrons. The fourth-order valence-electron chi connectivity index (χ4n) is 1.45. The van der Waals surface area contributed by atoms with Crippen molar-refractivity contribution < 1.29 is 9.90 Å². The predicted molar refractivity (Wildman–Crippen MR) is 67.9 cm³/mol. The molecular formula is C11H10BrNO2S. The number of hydrogen-bond donors (Lipinski definition) is 1. The quantitative estimate of drug-likeness (QED) is 0.940. The smallest absolute Gasteiger partial charge is 0.303 e. The Kier molecular flexibility index (Phi) is 3.56. The summed E-state index contributed by atoms with van der Waals surface area (Å²) in [5.74, 6) is -0.746. The summed E-state index contributed by atoms with van der Waals surface area (Å²) in [4.78, 5) is 14.8. The standard InChI is InChI=1S/C11H10BrNO2S/c12-7-4-5-9-8(6-7)13-10(16-9)2-1-3-11(14)15/h4-6H,1-3H2,(H,14,15). The second kappa shape index (κ2) is 4.93. The van der Waals surface area contributed by atoms with Crippen LogP contribution in [0.25, 0.3) is 10.2 Å². The molecule has 1 heterocycles. The van der Waals surface area contributed by atoms with Crippen LogP contribution in [0.4, 0.5) is 0 Å². The fraction of sp³-hybridized carbons (Fsp3) is 0.273. The maximum absolute atomic E-state index is 10.4. The van der Waals surface area contributed by atoms with Crippen molar-refractivity contribution in [3.05, 3.63) is 27.7 Å². The molecule has 0 aliphatic heterocycles. The van der Waals surface area contributed by atoms with Gasteiger partial charge in [0, 0.05) is 10.9 Å². The van der Waals surface area contributed by atoms with Crippen LogP contribution in [0.5, 0.6) is 0 Å². The van der Waals surface area contributed by atoms with Gasteiger partial charge in [-0.15, -0.1) is 11.3 Å². The van der Waals surface area contributed by atoms with E-state index in [2.05, 4.69) is 20.9 Å². The minimum Gasteiger partial charge on any atom is -0.481 e. The summed E-state index contributed by atoms with van der Waals surface area (Å²) in [7, 11) is 0. The number of carbonyl (C=O) groups is 1. The molecule has 0 fully saturated rings. The van der Waals surface area contributed by atoms with Gasteiger partial charge in [-0.25, -0.2) is 4.98 Å². The van der Waals surface area contributed by atoms with Gasteiger partial charge in [0.2, 0.25) is 0 Å². The zero-order valence-corrected chi connectivity index (χ0v) is 10.8. The van der Waals surface area contributed by atoms with Gasteiger partial charge in [0.05, 0.1) is 15.2 Å². The molecule has 0 unspecified atom stereocenters. The number of benzene rings is 1. The van der Waals surface area contributed by atoms with Crippen molar-refractivity contribution in [3.63, 3.8) is 0 Å². The number of thiazole rings is 1. The van der Waals surface area contributed by atoms with Gasteiger partial charge in [-0.2, -0.15) is 0 Å². The van der Waals surface area contributed by atoms with E-state index in [1.54, 1.807) is 11.3 Å². The van der Waals surface area contributed by atoms with E-state index >= 15 is 0 Å². The molecular weight excluding hydrogens is 290 g/mol. The topological polar surface area (TPSA) is 50.2 Å². The largest absolute Gasteiger partial charge is 0.481 e. The highest BCUT2D eigenvalue weighted by Gasteiger charge is 2.05. The minimum atomic E-state index is -0.746. The molecule has 2 rings (SSSR count). The van der Waals surface area contributed by atoms with Crippen LogP contribution in [0.2, 0.25) is 0 Å². The van der Waals surface area contributed by atoms with Gasteiger partial charge in [0.1, 0.15) is 0 Å². The summed E-state index contributed by atoms with van der Waals surface area (Å²) in [5.41, 5.74) is 0.977. The summed E-state index contributed by atoms with van der Waals surface area (Å²) >= 11 is 5.03. The Morgan fingerprint density at radius 1 is 1.50 bits per heavy atom. The van der Waals surface area contributed by atoms with Gasteiger partial charge in [-0.1, -0.05) is 15.9 Å². The molecule has 84 valence electrons. The monoisotopic (exact) mass is 299 g/mol. The number of aromatic nitrogens is 1. The first-order chi connectivity index (χ1) is 7.65. The second-order valence-electron chi connectivity index (χ2n) is 3.47. The first-order valence-corrected chi connectivity index (χ1v) is 6.53. The molecule has 0 atom stereocenters. The van der Waals surface area contributed by atoms with Crippen molar-refractivity contribution in [2.75, 3.05) is 0 Å². The van der Waals surface area contributed by atoms with Crippen molar-refractivity contribution in [1.29, 1.82) is 0 Å². The van der Waals surface area contributed by atoms with Crippen molar-refractivity contribution in [2.45, 2.75) is 19.3 Å². The van der Waals surface area contributed by atoms with Crippen molar-refractivity contribution in [1.82, 2.24) is 4.98 Å². The van der Waals surface area contributed by atoms with E-state index in [4.69, 9.17) is 5.11 Å². The first kappa shape index (κ1) is 11.5. The van der Waals surface area contributed by atoms with E-state index in [-0.39, 0.29) is 6.42 Å². The lowest BCUT2D eigenvalue weighted by atomic mass is 10.2. The highest BCUT2D eigenvalue weighted by Crippen LogP contribution is 2.25. The predicted octanol–water partition coefficient (Wildman–Crippen LogP) is 3.47. The Morgan fingerprint density at radius 3 is 3.06 bits per heavy atom. The van der Waals surface area contributed by atoms with Gasteiger partial charge in [0.25, 0.3) is 0 Å². The Labute approximate surface area is 105 Å². The number of hydrogen-bond acceptors (Lipinski definition) is 3. The van der Waals surface area contributed by atoms with Crippen molar-refractivity contribution in [2.24, 2.45) is 0 Å². The molecule has 1 N–H and O–H groups in total. The molecule has 3 nitrogen and oxygen atoms in total. The van der Waals surface area contributed by atoms with Crippen LogP contribution >= 0.6 is 27.3 Å². The van der Waals surface area contributed by atoms with Gasteiger partial charge in [0.15, 0.2) is 0 Å². The molecule has 1 aromatic carbocycles. The molecule has 0 amide bonds. The lowest BCUT2D eigenvalue weighted by Gasteiger charge is -1.91. The number of nitrogens with zero attached hydrogens (tertiary/aromatic N) is 1. The van der Waals surface area contributed by atoms with E-state index in [0.29, 0.717) is 6.42 Å². The Hall–Kier alpha value is -0.940. The van der Waals surface area contributed by atoms with Crippen LogP contribution in [0.3, 0.4) is 0 Å². The summed E-state index contributed by atoms with van der Waals surface area (Å²) < 4.78 is 2.16. The summed E-state index contributed by atoms with van der Waals surface area (Å²) in [6.45, 7) is 0. The lowest BCUT2D eigenvalue weighted by Crippen LogP contribution is -1.95. The van der Waals surface area contributed by atoms with E-state index in [1.807, 2.05) is 18.2 Å². The van der Waals surface area contributed by atoms with Gasteiger partial charge in [-0.05, 0) is 31.0 Å². The number of aliphatic carboxylic acids is 1. The number of rotatable bonds is 4. The van der Waals surface area contributed by atoms with Crippen molar-refractivity contribution in [3.8, 4) is 0 Å². The van der Waals surface area contributed by atoms with Crippen LogP contribution < -0.4 is 0 Å². The highest BCUT2D eigenvalue weighted by molar-refractivity contribution is 9.10. The third kappa shape index (κ3) is 2.80. The first-order valence-electron chi connectivity index (χ1n) is 4.92. The molecule has 0 saturated heterocycles. The van der Waals surface area contributed by atoms with Crippen LogP contribution in [-0.4, -0.2) is 16.1 Å². The molecule has 0 bridgehead atoms. The van der Waals surface area contributed by atoms with Crippen LogP contribution in [0, 0.1) is 0 Å². The van der Waals surface area contributed by atoms with E-state index < -0.39 is 5.97 Å². The third-order valence-electron chi connectivity index (χ3n) is 2.18. The minimum absolute atomic E-state index is 0.208. The fourth-order valence-corrected chi connectivity index (χ4v) is 2.78. The average Bonchev–Trinajstić information content (AvgIpc) is 2.58. The third-order valence-corrected chi connectivity index (χ3v) is 3.76. The number of fused-ring (bicyclic) bond motifs is 1. The van der Waals surface area contributed by atoms with Gasteiger partial charge < -0.3 is 5.11 Å². The summed E-state index contributed by atoms with van der Waals surface area (Å²) in [6, 6.07) is 5.99. The molecule has 5 heteroatoms. The molecule has 2 aromatic rings. The molecule has 16 heavy (non-hydrogen) atoms. The molecule has 0 aliphatic carbocycles. The molecule has 1 aromatic heterocycles. The van der Waals surface area contributed by atoms with Gasteiger partial charge in [-0.3, -0.25) is 4.79 Å². The molecule has 0 spiro atoms. The maximum atomic E-state index is 10.4. The normalized spacial score (nSPS) is 10.8. The Balaban J connectivity index is 2.10. The Morgan fingerprint density at radius 2 is 2.31 bits per heavy atom.